The number of fused-ring (bicyclic) bond motifs is 1. The average molecular weight is 393 g/mol. The van der Waals surface area contributed by atoms with Crippen LogP contribution in [0.4, 0.5) is 0 Å². The van der Waals surface area contributed by atoms with Crippen molar-refractivity contribution >= 4 is 5.91 Å². The molecule has 2 aliphatic carbocycles. The molecule has 1 aromatic carbocycles. The number of ether oxygens (including phenoxy) is 1. The van der Waals surface area contributed by atoms with Crippen molar-refractivity contribution in [2.24, 2.45) is 0 Å². The molecule has 6 nitrogen and oxygen atoms in total. The second kappa shape index (κ2) is 7.65. The third-order valence-electron chi connectivity index (χ3n) is 6.44. The maximum Gasteiger partial charge on any atom is 0.267 e. The highest BCUT2D eigenvalue weighted by molar-refractivity contribution is 5.81. The van der Waals surface area contributed by atoms with Gasteiger partial charge in [-0.2, -0.15) is 5.10 Å². The number of benzene rings is 1. The molecule has 6 heteroatoms. The lowest BCUT2D eigenvalue weighted by Crippen LogP contribution is -2.46. The van der Waals surface area contributed by atoms with Crippen LogP contribution >= 0.6 is 0 Å². The van der Waals surface area contributed by atoms with Gasteiger partial charge in [0.05, 0.1) is 11.7 Å². The first-order valence-electron chi connectivity index (χ1n) is 10.8. The smallest absolute Gasteiger partial charge is 0.267 e. The van der Waals surface area contributed by atoms with Crippen LogP contribution in [0.15, 0.2) is 41.2 Å². The molecule has 2 heterocycles. The van der Waals surface area contributed by atoms with E-state index < -0.39 is 6.10 Å². The van der Waals surface area contributed by atoms with Gasteiger partial charge in [0.15, 0.2) is 6.10 Å². The van der Waals surface area contributed by atoms with Crippen molar-refractivity contribution < 1.29 is 9.53 Å². The van der Waals surface area contributed by atoms with Crippen LogP contribution in [0.5, 0.6) is 5.75 Å². The molecule has 0 bridgehead atoms. The summed E-state index contributed by atoms with van der Waals surface area (Å²) in [6.45, 7) is 0. The van der Waals surface area contributed by atoms with Crippen LogP contribution in [0.1, 0.15) is 68.2 Å². The maximum atomic E-state index is 12.7. The van der Waals surface area contributed by atoms with Crippen LogP contribution in [0, 0.1) is 0 Å². The molecule has 0 spiro atoms. The fourth-order valence-electron chi connectivity index (χ4n) is 4.57. The molecule has 2 saturated carbocycles. The molecule has 1 N–H and O–H groups in total. The van der Waals surface area contributed by atoms with Crippen molar-refractivity contribution in [3.63, 3.8) is 0 Å². The molecule has 152 valence electrons. The van der Waals surface area contributed by atoms with Crippen molar-refractivity contribution in [3.05, 3.63) is 58.0 Å². The second-order valence-corrected chi connectivity index (χ2v) is 8.58. The van der Waals surface area contributed by atoms with Gasteiger partial charge >= 0.3 is 0 Å². The lowest BCUT2D eigenvalue weighted by atomic mass is 9.91. The van der Waals surface area contributed by atoms with Crippen LogP contribution in [0.3, 0.4) is 0 Å². The highest BCUT2D eigenvalue weighted by atomic mass is 16.5. The van der Waals surface area contributed by atoms with Gasteiger partial charge in [-0.15, -0.1) is 0 Å². The quantitative estimate of drug-likeness (QED) is 0.866. The normalized spacial score (nSPS) is 26.3. The number of amides is 1. The molecule has 2 fully saturated rings. The Balaban J connectivity index is 1.17. The van der Waals surface area contributed by atoms with Crippen LogP contribution in [0.25, 0.3) is 0 Å². The van der Waals surface area contributed by atoms with Crippen molar-refractivity contribution in [2.45, 2.75) is 75.5 Å². The van der Waals surface area contributed by atoms with E-state index in [1.807, 2.05) is 24.3 Å². The van der Waals surface area contributed by atoms with Gasteiger partial charge in [-0.05, 0) is 69.1 Å². The first-order chi connectivity index (χ1) is 14.2. The van der Waals surface area contributed by atoms with Crippen molar-refractivity contribution in [3.8, 4) is 5.75 Å². The third kappa shape index (κ3) is 3.93. The molecular weight excluding hydrogens is 366 g/mol. The van der Waals surface area contributed by atoms with E-state index in [2.05, 4.69) is 16.5 Å². The zero-order chi connectivity index (χ0) is 19.8. The van der Waals surface area contributed by atoms with Crippen LogP contribution in [0.2, 0.25) is 0 Å². The van der Waals surface area contributed by atoms with E-state index in [1.165, 1.54) is 18.4 Å². The Kier molecular flexibility index (Phi) is 4.86. The molecule has 3 aliphatic rings. The highest BCUT2D eigenvalue weighted by Gasteiger charge is 2.31. The van der Waals surface area contributed by atoms with Gasteiger partial charge in [0.1, 0.15) is 5.75 Å². The topological polar surface area (TPSA) is 73.2 Å². The van der Waals surface area contributed by atoms with Crippen LogP contribution in [-0.4, -0.2) is 27.8 Å². The van der Waals surface area contributed by atoms with E-state index in [0.29, 0.717) is 12.3 Å². The molecule has 2 aromatic rings. The number of rotatable bonds is 4. The molecule has 1 amide bonds. The number of carbonyl (C=O) groups excluding carboxylic acids is 1. The number of aromatic nitrogens is 2. The summed E-state index contributed by atoms with van der Waals surface area (Å²) in [4.78, 5) is 25.0. The van der Waals surface area contributed by atoms with E-state index in [0.717, 1.165) is 43.5 Å². The summed E-state index contributed by atoms with van der Waals surface area (Å²) in [5.74, 6) is 1.34. The highest BCUT2D eigenvalue weighted by Crippen LogP contribution is 2.38. The lowest BCUT2D eigenvalue weighted by molar-refractivity contribution is -0.129. The minimum Gasteiger partial charge on any atom is -0.480 e. The van der Waals surface area contributed by atoms with Gasteiger partial charge < -0.3 is 10.1 Å². The lowest BCUT2D eigenvalue weighted by Gasteiger charge is -2.31. The summed E-state index contributed by atoms with van der Waals surface area (Å²) in [5, 5.41) is 7.81. The number of aryl methyl sites for hydroxylation is 1. The van der Waals surface area contributed by atoms with Gasteiger partial charge in [-0.25, -0.2) is 4.68 Å². The monoisotopic (exact) mass is 393 g/mol. The van der Waals surface area contributed by atoms with Crippen molar-refractivity contribution in [1.82, 2.24) is 15.1 Å². The fraction of sp³-hybridized carbons (Fsp3) is 0.522. The zero-order valence-electron chi connectivity index (χ0n) is 16.5. The molecule has 0 radical (unpaired) electrons. The van der Waals surface area contributed by atoms with Gasteiger partial charge in [0.2, 0.25) is 0 Å². The molecule has 1 aliphatic heterocycles. The standard InChI is InChI=1S/C23H27N3O3/c27-22-14-12-19(15-5-6-15)25-26(22)18-10-8-17(9-11-18)24-23(28)21-13-7-16-3-1-2-4-20(16)29-21/h1-4,12,14-15,17-18,21H,5-11,13H2,(H,24,28). The van der Waals surface area contributed by atoms with Gasteiger partial charge in [-0.1, -0.05) is 18.2 Å². The largest absolute Gasteiger partial charge is 0.480 e. The Hall–Kier alpha value is -2.63. The zero-order valence-corrected chi connectivity index (χ0v) is 16.5. The molecule has 1 atom stereocenters. The van der Waals surface area contributed by atoms with E-state index in [4.69, 9.17) is 4.74 Å². The molecule has 0 saturated heterocycles. The van der Waals surface area contributed by atoms with E-state index in [1.54, 1.807) is 10.7 Å². The summed E-state index contributed by atoms with van der Waals surface area (Å²) in [5.41, 5.74) is 2.20. The average Bonchev–Trinajstić information content (AvgIpc) is 3.60. The maximum absolute atomic E-state index is 12.7. The summed E-state index contributed by atoms with van der Waals surface area (Å²) in [7, 11) is 0. The molecular formula is C23H27N3O3. The van der Waals surface area contributed by atoms with E-state index in [-0.39, 0.29) is 23.6 Å². The Labute approximate surface area is 170 Å². The third-order valence-corrected chi connectivity index (χ3v) is 6.44. The number of hydrogen-bond donors (Lipinski definition) is 1. The number of hydrogen-bond acceptors (Lipinski definition) is 4. The summed E-state index contributed by atoms with van der Waals surface area (Å²) in [6, 6.07) is 11.7. The van der Waals surface area contributed by atoms with Crippen LogP contribution < -0.4 is 15.6 Å². The first-order valence-corrected chi connectivity index (χ1v) is 10.8. The molecule has 1 aromatic heterocycles. The number of para-hydroxylation sites is 1. The Morgan fingerprint density at radius 1 is 1.00 bits per heavy atom. The van der Waals surface area contributed by atoms with Gasteiger partial charge in [0, 0.05) is 18.0 Å². The molecule has 29 heavy (non-hydrogen) atoms. The van der Waals surface area contributed by atoms with Crippen molar-refractivity contribution in [2.75, 3.05) is 0 Å². The number of nitrogens with one attached hydrogen (secondary N) is 1. The second-order valence-electron chi connectivity index (χ2n) is 8.58. The number of carbonyl (C=O) groups is 1. The fourth-order valence-corrected chi connectivity index (χ4v) is 4.57. The van der Waals surface area contributed by atoms with Gasteiger partial charge in [0.25, 0.3) is 11.5 Å². The summed E-state index contributed by atoms with van der Waals surface area (Å²) in [6.07, 6.45) is 6.97. The Morgan fingerprint density at radius 3 is 2.59 bits per heavy atom. The Morgan fingerprint density at radius 2 is 1.79 bits per heavy atom. The molecule has 1 unspecified atom stereocenters. The molecule has 5 rings (SSSR count). The number of nitrogens with zero attached hydrogens (tertiary/aromatic N) is 2. The summed E-state index contributed by atoms with van der Waals surface area (Å²) < 4.78 is 7.60. The predicted octanol–water partition coefficient (Wildman–Crippen LogP) is 3.11. The van der Waals surface area contributed by atoms with E-state index in [9.17, 15) is 9.59 Å². The predicted molar refractivity (Wildman–Crippen MR) is 109 cm³/mol. The summed E-state index contributed by atoms with van der Waals surface area (Å²) >= 11 is 0. The minimum absolute atomic E-state index is 0.0174. The van der Waals surface area contributed by atoms with Gasteiger partial charge in [-0.3, -0.25) is 9.59 Å². The van der Waals surface area contributed by atoms with E-state index >= 15 is 0 Å². The minimum atomic E-state index is -0.415. The van der Waals surface area contributed by atoms with Crippen molar-refractivity contribution in [1.29, 1.82) is 0 Å². The first kappa shape index (κ1) is 18.4. The van der Waals surface area contributed by atoms with Crippen LogP contribution in [-0.2, 0) is 11.2 Å². The SMILES string of the molecule is O=C(NC1CCC(n2nc(C3CC3)ccc2=O)CC1)C1CCc2ccccc2O1. The Bertz CT molecular complexity index is 958.